The lowest BCUT2D eigenvalue weighted by molar-refractivity contribution is -0.155. The van der Waals surface area contributed by atoms with Gasteiger partial charge in [-0.25, -0.2) is 13.2 Å². The Bertz CT molecular complexity index is 1170. The molecule has 214 valence electrons. The zero-order valence-electron chi connectivity index (χ0n) is 23.6. The summed E-state index contributed by atoms with van der Waals surface area (Å²) in [5.74, 6) is -0.688. The number of fused-ring (bicyclic) bond motifs is 2. The van der Waals surface area contributed by atoms with Crippen molar-refractivity contribution < 1.29 is 17.9 Å². The Hall–Kier alpha value is -1.95. The Morgan fingerprint density at radius 3 is 2.10 bits per heavy atom. The summed E-state index contributed by atoms with van der Waals surface area (Å²) < 4.78 is 37.2. The number of carbonyl (C=O) groups is 1. The number of sulfonamides is 1. The molecule has 7 nitrogen and oxygen atoms in total. The molecule has 0 amide bonds. The molecule has 5 rings (SSSR count). The van der Waals surface area contributed by atoms with Crippen molar-refractivity contribution in [2.24, 2.45) is 17.1 Å². The molecule has 39 heavy (non-hydrogen) atoms. The maximum atomic E-state index is 15.2. The third-order valence-corrected chi connectivity index (χ3v) is 13.8. The highest BCUT2D eigenvalue weighted by Crippen LogP contribution is 2.65. The van der Waals surface area contributed by atoms with Gasteiger partial charge in [-0.3, -0.25) is 0 Å². The first kappa shape index (κ1) is 28.6. The summed E-state index contributed by atoms with van der Waals surface area (Å²) in [4.78, 5) is 13.6. The average molecular weight is 556 g/mol. The van der Waals surface area contributed by atoms with Gasteiger partial charge in [0.1, 0.15) is 10.9 Å². The molecule has 2 bridgehead atoms. The highest BCUT2D eigenvalue weighted by Gasteiger charge is 2.74. The van der Waals surface area contributed by atoms with E-state index in [2.05, 4.69) is 13.8 Å². The number of benzene rings is 1. The van der Waals surface area contributed by atoms with Gasteiger partial charge in [0.25, 0.3) is 0 Å². The average Bonchev–Trinajstić information content (AvgIpc) is 3.33. The number of rotatable bonds is 8. The van der Waals surface area contributed by atoms with E-state index in [1.807, 2.05) is 40.7 Å². The number of carbonyl (C=O) groups excluding carboxylic acids is 1. The van der Waals surface area contributed by atoms with Crippen LogP contribution in [0.3, 0.4) is 0 Å². The van der Waals surface area contributed by atoms with Crippen LogP contribution in [0.2, 0.25) is 0 Å². The minimum Gasteiger partial charge on any atom is -0.458 e. The molecular formula is C31H45N3O4S. The summed E-state index contributed by atoms with van der Waals surface area (Å²) in [6.07, 6.45) is 11.1. The van der Waals surface area contributed by atoms with Crippen molar-refractivity contribution in [1.29, 1.82) is 5.26 Å². The molecule has 4 aliphatic rings. The number of hydrogen-bond acceptors (Lipinski definition) is 6. The molecule has 4 aliphatic carbocycles. The van der Waals surface area contributed by atoms with Crippen molar-refractivity contribution >= 4 is 16.0 Å². The first-order chi connectivity index (χ1) is 18.6. The van der Waals surface area contributed by atoms with Crippen molar-refractivity contribution in [3.8, 4) is 6.07 Å². The summed E-state index contributed by atoms with van der Waals surface area (Å²) in [5.41, 5.74) is 4.69. The molecule has 0 saturated heterocycles. The van der Waals surface area contributed by atoms with E-state index in [1.54, 1.807) is 0 Å². The molecule has 2 N–H and O–H groups in total. The van der Waals surface area contributed by atoms with Crippen LogP contribution in [-0.4, -0.2) is 47.2 Å². The van der Waals surface area contributed by atoms with E-state index in [1.165, 1.54) is 0 Å². The maximum absolute atomic E-state index is 15.2. The lowest BCUT2D eigenvalue weighted by atomic mass is 9.81. The van der Waals surface area contributed by atoms with Crippen LogP contribution in [0, 0.1) is 22.7 Å². The number of nitrogens with zero attached hydrogens (tertiary/aromatic N) is 2. The number of esters is 1. The molecule has 4 atom stereocenters. The van der Waals surface area contributed by atoms with Gasteiger partial charge in [0.2, 0.25) is 15.6 Å². The fraction of sp³-hybridized carbons (Fsp3) is 0.742. The van der Waals surface area contributed by atoms with E-state index in [0.717, 1.165) is 76.2 Å². The van der Waals surface area contributed by atoms with E-state index in [-0.39, 0.29) is 24.4 Å². The molecule has 4 fully saturated rings. The summed E-state index contributed by atoms with van der Waals surface area (Å²) in [5, 5.41) is 9.98. The first-order valence-corrected chi connectivity index (χ1v) is 16.5. The van der Waals surface area contributed by atoms with Gasteiger partial charge in [-0.1, -0.05) is 82.7 Å². The van der Waals surface area contributed by atoms with Gasteiger partial charge < -0.3 is 10.5 Å². The zero-order valence-corrected chi connectivity index (χ0v) is 24.4. The van der Waals surface area contributed by atoms with E-state index in [4.69, 9.17) is 10.5 Å². The van der Waals surface area contributed by atoms with Crippen LogP contribution in [0.4, 0.5) is 0 Å². The molecule has 4 saturated carbocycles. The summed E-state index contributed by atoms with van der Waals surface area (Å²) >= 11 is 0. The third-order valence-electron chi connectivity index (χ3n) is 10.7. The Kier molecular flexibility index (Phi) is 7.91. The highest BCUT2D eigenvalue weighted by molar-refractivity contribution is 7.90. The molecular weight excluding hydrogens is 510 g/mol. The van der Waals surface area contributed by atoms with Crippen molar-refractivity contribution in [2.45, 2.75) is 132 Å². The van der Waals surface area contributed by atoms with Crippen LogP contribution in [-0.2, 0) is 26.0 Å². The molecule has 0 aromatic heterocycles. The van der Waals surface area contributed by atoms with Crippen LogP contribution >= 0.6 is 0 Å². The summed E-state index contributed by atoms with van der Waals surface area (Å²) in [6, 6.07) is 11.2. The molecule has 8 heteroatoms. The standard InChI is InChI=1S/C31H45N3O4S/c1-29(2)24-18-19-31(29,27(20-24)38-28(35)30(33,22-32)21-23-12-6-3-7-13-23)39(36,37)34(25-14-8-4-9-15-25)26-16-10-5-11-17-26/h3,6-7,12-13,24-27H,4-5,8-11,14-21,33H2,1-2H3/t24-,27-,30-,31-/m1/s1. The van der Waals surface area contributed by atoms with Gasteiger partial charge in [-0.05, 0) is 61.8 Å². The Labute approximate surface area is 234 Å². The predicted molar refractivity (Wildman–Crippen MR) is 151 cm³/mol. The minimum atomic E-state index is -3.85. The van der Waals surface area contributed by atoms with E-state index in [9.17, 15) is 10.1 Å². The highest BCUT2D eigenvalue weighted by atomic mass is 32.2. The molecule has 0 heterocycles. The monoisotopic (exact) mass is 555 g/mol. The fourth-order valence-corrected chi connectivity index (χ4v) is 11.8. The van der Waals surface area contributed by atoms with E-state index >= 15 is 8.42 Å². The van der Waals surface area contributed by atoms with Crippen molar-refractivity contribution in [3.63, 3.8) is 0 Å². The van der Waals surface area contributed by atoms with Crippen molar-refractivity contribution in [3.05, 3.63) is 35.9 Å². The summed E-state index contributed by atoms with van der Waals surface area (Å²) in [6.45, 7) is 4.11. The van der Waals surface area contributed by atoms with E-state index in [0.29, 0.717) is 12.8 Å². The second-order valence-corrected chi connectivity index (χ2v) is 15.2. The first-order valence-electron chi connectivity index (χ1n) is 15.0. The molecule has 0 aliphatic heterocycles. The zero-order chi connectivity index (χ0) is 27.9. The fourth-order valence-electron chi connectivity index (χ4n) is 8.48. The van der Waals surface area contributed by atoms with Crippen LogP contribution in [0.25, 0.3) is 0 Å². The van der Waals surface area contributed by atoms with Crippen LogP contribution in [0.15, 0.2) is 30.3 Å². The lowest BCUT2D eigenvalue weighted by Crippen LogP contribution is -2.64. The third kappa shape index (κ3) is 4.73. The largest absolute Gasteiger partial charge is 0.458 e. The van der Waals surface area contributed by atoms with Crippen molar-refractivity contribution in [1.82, 2.24) is 4.31 Å². The second-order valence-electron chi connectivity index (χ2n) is 13.1. The summed E-state index contributed by atoms with van der Waals surface area (Å²) in [7, 11) is -3.85. The van der Waals surface area contributed by atoms with Gasteiger partial charge in [0, 0.05) is 18.5 Å². The number of nitriles is 1. The molecule has 0 radical (unpaired) electrons. The SMILES string of the molecule is CC1(C)[C@@H]2CC[C@@]1(S(=O)(=O)N(C1CCCCC1)C1CCCCC1)[C@H](OC(=O)[C@](N)(C#N)Cc1ccccc1)C2. The second kappa shape index (κ2) is 10.8. The van der Waals surface area contributed by atoms with Crippen molar-refractivity contribution in [2.75, 3.05) is 0 Å². The van der Waals surface area contributed by atoms with Crippen LogP contribution < -0.4 is 5.73 Å². The van der Waals surface area contributed by atoms with Crippen LogP contribution in [0.5, 0.6) is 0 Å². The normalized spacial score (nSPS) is 31.1. The minimum absolute atomic E-state index is 0.0126. The number of hydrogen-bond donors (Lipinski definition) is 1. The predicted octanol–water partition coefficient (Wildman–Crippen LogP) is 5.24. The Morgan fingerprint density at radius 1 is 1.03 bits per heavy atom. The smallest absolute Gasteiger partial charge is 0.341 e. The van der Waals surface area contributed by atoms with Gasteiger partial charge in [-0.15, -0.1) is 0 Å². The topological polar surface area (TPSA) is 113 Å². The lowest BCUT2D eigenvalue weighted by Gasteiger charge is -2.49. The molecule has 0 unspecified atom stereocenters. The number of nitrogens with two attached hydrogens (primary N) is 1. The quantitative estimate of drug-likeness (QED) is 0.439. The van der Waals surface area contributed by atoms with Gasteiger partial charge in [0.15, 0.2) is 0 Å². The molecule has 0 spiro atoms. The Balaban J connectivity index is 1.50. The van der Waals surface area contributed by atoms with Gasteiger partial charge in [0.05, 0.1) is 6.07 Å². The van der Waals surface area contributed by atoms with Gasteiger partial charge in [-0.2, -0.15) is 9.57 Å². The molecule has 1 aromatic carbocycles. The Morgan fingerprint density at radius 2 is 1.59 bits per heavy atom. The maximum Gasteiger partial charge on any atom is 0.341 e. The van der Waals surface area contributed by atoms with E-state index < -0.39 is 37.8 Å². The van der Waals surface area contributed by atoms with Crippen LogP contribution in [0.1, 0.15) is 103 Å². The molecule has 1 aromatic rings. The number of ether oxygens (including phenoxy) is 1. The van der Waals surface area contributed by atoms with Gasteiger partial charge >= 0.3 is 5.97 Å².